The number of amides is 1. The van der Waals surface area contributed by atoms with Crippen LogP contribution in [0.2, 0.25) is 18.1 Å². The van der Waals surface area contributed by atoms with Crippen LogP contribution in [0.5, 0.6) is 0 Å². The topological polar surface area (TPSA) is 75.6 Å². The number of nitrogens with one attached hydrogen (secondary N) is 1. The van der Waals surface area contributed by atoms with E-state index in [1.807, 2.05) is 0 Å². The first-order valence-corrected chi connectivity index (χ1v) is 11.6. The first-order valence-electron chi connectivity index (χ1n) is 8.71. The summed E-state index contributed by atoms with van der Waals surface area (Å²) >= 11 is 0. The van der Waals surface area contributed by atoms with Gasteiger partial charge in [-0.2, -0.15) is 0 Å². The lowest BCUT2D eigenvalue weighted by atomic mass is 9.99. The van der Waals surface area contributed by atoms with Gasteiger partial charge in [0.25, 0.3) is 0 Å². The van der Waals surface area contributed by atoms with Crippen LogP contribution in [0, 0.1) is 11.8 Å². The zero-order valence-electron chi connectivity index (χ0n) is 15.0. The van der Waals surface area contributed by atoms with Crippen molar-refractivity contribution in [3.05, 3.63) is 0 Å². The van der Waals surface area contributed by atoms with Crippen molar-refractivity contribution < 1.29 is 19.1 Å². The van der Waals surface area contributed by atoms with Crippen molar-refractivity contribution in [3.8, 4) is 0 Å². The van der Waals surface area contributed by atoms with Crippen LogP contribution < -0.4 is 5.32 Å². The van der Waals surface area contributed by atoms with E-state index in [0.717, 1.165) is 25.7 Å². The fourth-order valence-corrected chi connectivity index (χ4v) is 4.02. The van der Waals surface area contributed by atoms with E-state index in [1.165, 1.54) is 0 Å². The quantitative estimate of drug-likeness (QED) is 0.659. The maximum atomic E-state index is 12.3. The van der Waals surface area contributed by atoms with Gasteiger partial charge in [0.15, 0.2) is 8.32 Å². The predicted octanol–water partition coefficient (Wildman–Crippen LogP) is 3.79. The summed E-state index contributed by atoms with van der Waals surface area (Å²) in [6, 6.07) is -0.260. The number of hydrogen-bond acceptors (Lipinski definition) is 3. The molecule has 0 aliphatic heterocycles. The molecule has 2 fully saturated rings. The third-order valence-corrected chi connectivity index (χ3v) is 10.0. The molecule has 2 saturated carbocycles. The number of Topliss-reactive ketones (excluding diaryl/α,β-unsaturated/α-hetero) is 1. The molecule has 132 valence electrons. The van der Waals surface area contributed by atoms with Crippen LogP contribution in [0.15, 0.2) is 0 Å². The van der Waals surface area contributed by atoms with Crippen molar-refractivity contribution in [1.82, 2.24) is 5.32 Å². The third kappa shape index (κ3) is 5.04. The molecule has 0 bridgehead atoms. The number of ketones is 1. The fraction of sp³-hybridized carbons (Fsp3) is 0.882. The molecule has 0 unspecified atom stereocenters. The van der Waals surface area contributed by atoms with Crippen LogP contribution in [0.25, 0.3) is 0 Å². The molecule has 0 heterocycles. The van der Waals surface area contributed by atoms with Crippen molar-refractivity contribution in [3.63, 3.8) is 0 Å². The Labute approximate surface area is 140 Å². The second-order valence-electron chi connectivity index (χ2n) is 8.67. The minimum atomic E-state index is -2.07. The minimum Gasteiger partial charge on any atom is -0.465 e. The average Bonchev–Trinajstić information content (AvgIpc) is 3.26. The molecule has 2 N–H and O–H groups in total. The second kappa shape index (κ2) is 6.55. The van der Waals surface area contributed by atoms with E-state index in [-0.39, 0.29) is 28.9 Å². The van der Waals surface area contributed by atoms with E-state index in [1.54, 1.807) is 0 Å². The highest BCUT2D eigenvalue weighted by molar-refractivity contribution is 6.74. The van der Waals surface area contributed by atoms with Crippen LogP contribution in [-0.2, 0) is 9.22 Å². The Morgan fingerprint density at radius 2 is 1.78 bits per heavy atom. The molecule has 5 nitrogen and oxygen atoms in total. The molecule has 0 aromatic carbocycles. The van der Waals surface area contributed by atoms with Gasteiger partial charge in [-0.1, -0.05) is 20.8 Å². The molecule has 0 saturated heterocycles. The summed E-state index contributed by atoms with van der Waals surface area (Å²) in [6.45, 7) is 10.8. The summed E-state index contributed by atoms with van der Waals surface area (Å²) in [5.41, 5.74) is 0. The molecule has 1 amide bonds. The predicted molar refractivity (Wildman–Crippen MR) is 92.1 cm³/mol. The van der Waals surface area contributed by atoms with Crippen molar-refractivity contribution in [2.75, 3.05) is 0 Å². The second-order valence-corrected chi connectivity index (χ2v) is 13.4. The Morgan fingerprint density at radius 3 is 2.17 bits per heavy atom. The van der Waals surface area contributed by atoms with Gasteiger partial charge < -0.3 is 14.8 Å². The number of carbonyl (C=O) groups excluding carboxylic acids is 1. The van der Waals surface area contributed by atoms with Gasteiger partial charge in [0, 0.05) is 12.3 Å². The molecule has 2 rings (SSSR count). The smallest absolute Gasteiger partial charge is 0.404 e. The highest BCUT2D eigenvalue weighted by Gasteiger charge is 2.46. The Morgan fingerprint density at radius 1 is 1.22 bits per heavy atom. The summed E-state index contributed by atoms with van der Waals surface area (Å²) in [7, 11) is -2.07. The monoisotopic (exact) mass is 341 g/mol. The third-order valence-electron chi connectivity index (χ3n) is 5.51. The molecule has 0 aromatic heterocycles. The average molecular weight is 342 g/mol. The first-order chi connectivity index (χ1) is 10.5. The SMILES string of the molecule is CC(C)(C)[Si](C)(C)O[C@@H](CC(=O)C1CC1)[C@@H](NC(=O)O)C1CC1. The molecular formula is C17H31NO4Si. The summed E-state index contributed by atoms with van der Waals surface area (Å²) < 4.78 is 6.51. The molecule has 23 heavy (non-hydrogen) atoms. The van der Waals surface area contributed by atoms with Gasteiger partial charge in [-0.3, -0.25) is 4.79 Å². The summed E-state index contributed by atoms with van der Waals surface area (Å²) in [4.78, 5) is 23.5. The number of carboxylic acid groups (broad SMARTS) is 1. The maximum Gasteiger partial charge on any atom is 0.404 e. The van der Waals surface area contributed by atoms with E-state index >= 15 is 0 Å². The lowest BCUT2D eigenvalue weighted by Crippen LogP contribution is -2.53. The Balaban J connectivity index is 2.15. The van der Waals surface area contributed by atoms with Crippen LogP contribution >= 0.6 is 0 Å². The highest BCUT2D eigenvalue weighted by atomic mass is 28.4. The molecule has 2 aliphatic carbocycles. The van der Waals surface area contributed by atoms with Crippen LogP contribution in [-0.4, -0.2) is 37.4 Å². The zero-order valence-corrected chi connectivity index (χ0v) is 16.0. The highest BCUT2D eigenvalue weighted by Crippen LogP contribution is 2.42. The molecule has 0 spiro atoms. The standard InChI is InChI=1S/C17H31NO4Si/c1-17(2,3)23(4,5)22-14(10-13(19)11-6-7-11)15(12-8-9-12)18-16(20)21/h11-12,14-15,18H,6-10H2,1-5H3,(H,20,21)/t14-,15-/m0/s1. The number of rotatable bonds is 8. The summed E-state index contributed by atoms with van der Waals surface area (Å²) in [5, 5.41) is 11.9. The van der Waals surface area contributed by atoms with E-state index < -0.39 is 14.4 Å². The Bertz CT molecular complexity index is 464. The van der Waals surface area contributed by atoms with Crippen molar-refractivity contribution in [2.45, 2.75) is 83.2 Å². The van der Waals surface area contributed by atoms with E-state index in [0.29, 0.717) is 12.3 Å². The molecule has 2 aliphatic rings. The number of carbonyl (C=O) groups is 2. The van der Waals surface area contributed by atoms with E-state index in [4.69, 9.17) is 4.43 Å². The maximum absolute atomic E-state index is 12.3. The molecule has 6 heteroatoms. The zero-order chi connectivity index (χ0) is 17.4. The summed E-state index contributed by atoms with van der Waals surface area (Å²) in [5.74, 6) is 0.740. The van der Waals surface area contributed by atoms with Gasteiger partial charge >= 0.3 is 6.09 Å². The van der Waals surface area contributed by atoms with E-state index in [9.17, 15) is 14.7 Å². The van der Waals surface area contributed by atoms with E-state index in [2.05, 4.69) is 39.2 Å². The first kappa shape index (κ1) is 18.5. The molecule has 2 atom stereocenters. The van der Waals surface area contributed by atoms with Gasteiger partial charge in [0.2, 0.25) is 0 Å². The van der Waals surface area contributed by atoms with Gasteiger partial charge in [-0.25, -0.2) is 4.79 Å². The van der Waals surface area contributed by atoms with Crippen LogP contribution in [0.1, 0.15) is 52.9 Å². The number of hydrogen-bond donors (Lipinski definition) is 2. The lowest BCUT2D eigenvalue weighted by molar-refractivity contribution is -0.122. The fourth-order valence-electron chi connectivity index (χ4n) is 2.68. The normalized spacial score (nSPS) is 21.6. The van der Waals surface area contributed by atoms with Gasteiger partial charge in [-0.05, 0) is 49.7 Å². The molecule has 0 aromatic rings. The minimum absolute atomic E-state index is 0.0329. The molecule has 0 radical (unpaired) electrons. The van der Waals surface area contributed by atoms with Crippen molar-refractivity contribution in [1.29, 1.82) is 0 Å². The largest absolute Gasteiger partial charge is 0.465 e. The van der Waals surface area contributed by atoms with Crippen LogP contribution in [0.4, 0.5) is 4.79 Å². The van der Waals surface area contributed by atoms with Crippen molar-refractivity contribution >= 4 is 20.2 Å². The van der Waals surface area contributed by atoms with Gasteiger partial charge in [0.1, 0.15) is 5.78 Å². The lowest BCUT2D eigenvalue weighted by Gasteiger charge is -2.41. The van der Waals surface area contributed by atoms with Crippen LogP contribution in [0.3, 0.4) is 0 Å². The van der Waals surface area contributed by atoms with Gasteiger partial charge in [0.05, 0.1) is 12.1 Å². The molecular weight excluding hydrogens is 310 g/mol. The Kier molecular flexibility index (Phi) is 5.26. The summed E-state index contributed by atoms with van der Waals surface area (Å²) in [6.07, 6.45) is 2.98. The van der Waals surface area contributed by atoms with Gasteiger partial charge in [-0.15, -0.1) is 0 Å². The Hall–Kier alpha value is -0.883. The van der Waals surface area contributed by atoms with Crippen molar-refractivity contribution in [2.24, 2.45) is 11.8 Å².